The summed E-state index contributed by atoms with van der Waals surface area (Å²) in [6.45, 7) is 3.28. The SMILES string of the molecule is CCOC(=O)CNC(=O)COc1cc(C)on1. The van der Waals surface area contributed by atoms with Crippen LogP contribution in [0.5, 0.6) is 5.88 Å². The van der Waals surface area contributed by atoms with Crippen molar-refractivity contribution in [1.82, 2.24) is 10.5 Å². The van der Waals surface area contributed by atoms with Crippen molar-refractivity contribution in [2.24, 2.45) is 0 Å². The molecule has 0 aromatic carbocycles. The van der Waals surface area contributed by atoms with E-state index in [0.717, 1.165) is 0 Å². The number of rotatable bonds is 6. The number of aryl methyl sites for hydroxylation is 1. The van der Waals surface area contributed by atoms with Gasteiger partial charge in [0.1, 0.15) is 12.3 Å². The number of esters is 1. The van der Waals surface area contributed by atoms with E-state index in [1.165, 1.54) is 0 Å². The number of nitrogens with zero attached hydrogens (tertiary/aromatic N) is 1. The molecule has 1 N–H and O–H groups in total. The normalized spacial score (nSPS) is 9.76. The summed E-state index contributed by atoms with van der Waals surface area (Å²) in [5.74, 6) is -0.0995. The average Bonchev–Trinajstić information content (AvgIpc) is 2.70. The van der Waals surface area contributed by atoms with E-state index in [1.807, 2.05) is 0 Å². The average molecular weight is 242 g/mol. The van der Waals surface area contributed by atoms with Gasteiger partial charge in [0.15, 0.2) is 6.61 Å². The minimum absolute atomic E-state index is 0.173. The van der Waals surface area contributed by atoms with Crippen LogP contribution in [-0.2, 0) is 14.3 Å². The van der Waals surface area contributed by atoms with Gasteiger partial charge in [-0.1, -0.05) is 0 Å². The summed E-state index contributed by atoms with van der Waals surface area (Å²) in [6.07, 6.45) is 0. The topological polar surface area (TPSA) is 90.7 Å². The van der Waals surface area contributed by atoms with Gasteiger partial charge in [-0.25, -0.2) is 0 Å². The minimum atomic E-state index is -0.488. The third-order valence-electron chi connectivity index (χ3n) is 1.69. The van der Waals surface area contributed by atoms with Crippen molar-refractivity contribution >= 4 is 11.9 Å². The molecule has 17 heavy (non-hydrogen) atoms. The number of aromatic nitrogens is 1. The highest BCUT2D eigenvalue weighted by Crippen LogP contribution is 2.08. The van der Waals surface area contributed by atoms with Crippen molar-refractivity contribution in [3.05, 3.63) is 11.8 Å². The summed E-state index contributed by atoms with van der Waals surface area (Å²) >= 11 is 0. The van der Waals surface area contributed by atoms with Crippen molar-refractivity contribution in [1.29, 1.82) is 0 Å². The van der Waals surface area contributed by atoms with Crippen LogP contribution < -0.4 is 10.1 Å². The Labute approximate surface area is 98.1 Å². The smallest absolute Gasteiger partial charge is 0.325 e. The molecule has 0 saturated carbocycles. The van der Waals surface area contributed by atoms with Crippen molar-refractivity contribution in [2.75, 3.05) is 19.8 Å². The maximum atomic E-state index is 11.2. The Bertz CT molecular complexity index is 388. The third kappa shape index (κ3) is 5.01. The van der Waals surface area contributed by atoms with E-state index >= 15 is 0 Å². The Hall–Kier alpha value is -2.05. The van der Waals surface area contributed by atoms with Gasteiger partial charge >= 0.3 is 5.97 Å². The van der Waals surface area contributed by atoms with Crippen LogP contribution in [0.4, 0.5) is 0 Å². The van der Waals surface area contributed by atoms with E-state index in [1.54, 1.807) is 19.9 Å². The standard InChI is InChI=1S/C10H14N2O5/c1-3-15-10(14)5-11-8(13)6-16-9-4-7(2)17-12-9/h4H,3,5-6H2,1-2H3,(H,11,13). The monoisotopic (exact) mass is 242 g/mol. The minimum Gasteiger partial charge on any atom is -0.465 e. The molecular weight excluding hydrogens is 228 g/mol. The zero-order valence-electron chi connectivity index (χ0n) is 9.69. The number of hydrogen-bond donors (Lipinski definition) is 1. The lowest BCUT2D eigenvalue weighted by molar-refractivity contribution is -0.143. The van der Waals surface area contributed by atoms with Gasteiger partial charge in [0.2, 0.25) is 0 Å². The van der Waals surface area contributed by atoms with Crippen LogP contribution in [-0.4, -0.2) is 36.8 Å². The number of amides is 1. The third-order valence-corrected chi connectivity index (χ3v) is 1.69. The van der Waals surface area contributed by atoms with Crippen LogP contribution >= 0.6 is 0 Å². The molecule has 0 aliphatic rings. The van der Waals surface area contributed by atoms with E-state index in [2.05, 4.69) is 15.2 Å². The van der Waals surface area contributed by atoms with Crippen molar-refractivity contribution < 1.29 is 23.6 Å². The van der Waals surface area contributed by atoms with Gasteiger partial charge < -0.3 is 19.3 Å². The van der Waals surface area contributed by atoms with Gasteiger partial charge in [-0.2, -0.15) is 0 Å². The van der Waals surface area contributed by atoms with Gasteiger partial charge in [0.05, 0.1) is 6.61 Å². The Balaban J connectivity index is 2.19. The first-order valence-corrected chi connectivity index (χ1v) is 5.10. The quantitative estimate of drug-likeness (QED) is 0.708. The molecule has 1 amide bonds. The van der Waals surface area contributed by atoms with Crippen molar-refractivity contribution in [2.45, 2.75) is 13.8 Å². The van der Waals surface area contributed by atoms with Crippen LogP contribution in [0.25, 0.3) is 0 Å². The summed E-state index contributed by atoms with van der Waals surface area (Å²) < 4.78 is 14.4. The molecule has 0 radical (unpaired) electrons. The first-order chi connectivity index (χ1) is 8.11. The molecule has 7 nitrogen and oxygen atoms in total. The summed E-state index contributed by atoms with van der Waals surface area (Å²) in [7, 11) is 0. The largest absolute Gasteiger partial charge is 0.465 e. The molecule has 1 aromatic heterocycles. The van der Waals surface area contributed by atoms with Crippen LogP contribution in [0, 0.1) is 6.92 Å². The molecule has 0 fully saturated rings. The van der Waals surface area contributed by atoms with E-state index < -0.39 is 11.9 Å². The van der Waals surface area contributed by atoms with E-state index in [0.29, 0.717) is 5.76 Å². The molecule has 0 aliphatic carbocycles. The fourth-order valence-corrected chi connectivity index (χ4v) is 0.985. The second kappa shape index (κ2) is 6.51. The van der Waals surface area contributed by atoms with Crippen LogP contribution in [0.1, 0.15) is 12.7 Å². The Morgan fingerprint density at radius 2 is 2.29 bits per heavy atom. The molecule has 0 bridgehead atoms. The van der Waals surface area contributed by atoms with Gasteiger partial charge in [0.25, 0.3) is 11.8 Å². The summed E-state index contributed by atoms with van der Waals surface area (Å²) in [6, 6.07) is 1.55. The van der Waals surface area contributed by atoms with Crippen molar-refractivity contribution in [3.8, 4) is 5.88 Å². The van der Waals surface area contributed by atoms with Gasteiger partial charge in [-0.15, -0.1) is 0 Å². The molecular formula is C10H14N2O5. The Morgan fingerprint density at radius 1 is 1.53 bits per heavy atom. The number of carbonyl (C=O) groups excluding carboxylic acids is 2. The predicted molar refractivity (Wildman–Crippen MR) is 56.4 cm³/mol. The second-order valence-corrected chi connectivity index (χ2v) is 3.15. The second-order valence-electron chi connectivity index (χ2n) is 3.15. The highest BCUT2D eigenvalue weighted by molar-refractivity contribution is 5.82. The lowest BCUT2D eigenvalue weighted by Gasteiger charge is -2.04. The number of nitrogens with one attached hydrogen (secondary N) is 1. The Morgan fingerprint density at radius 3 is 2.88 bits per heavy atom. The Kier molecular flexibility index (Phi) is 4.99. The molecule has 0 atom stereocenters. The highest BCUT2D eigenvalue weighted by atomic mass is 16.5. The zero-order chi connectivity index (χ0) is 12.7. The van der Waals surface area contributed by atoms with Crippen LogP contribution in [0.15, 0.2) is 10.6 Å². The molecule has 0 aliphatic heterocycles. The number of hydrogen-bond acceptors (Lipinski definition) is 6. The molecule has 1 heterocycles. The van der Waals surface area contributed by atoms with Crippen LogP contribution in [0.3, 0.4) is 0 Å². The van der Waals surface area contributed by atoms with Gasteiger partial charge in [0, 0.05) is 6.07 Å². The van der Waals surface area contributed by atoms with E-state index in [-0.39, 0.29) is 25.6 Å². The molecule has 1 rings (SSSR count). The molecule has 0 spiro atoms. The lowest BCUT2D eigenvalue weighted by atomic mass is 10.5. The first kappa shape index (κ1) is 13.0. The summed E-state index contributed by atoms with van der Waals surface area (Å²) in [5, 5.41) is 5.89. The number of carbonyl (C=O) groups is 2. The zero-order valence-corrected chi connectivity index (χ0v) is 9.69. The van der Waals surface area contributed by atoms with Gasteiger partial charge in [-0.05, 0) is 19.0 Å². The van der Waals surface area contributed by atoms with E-state index in [4.69, 9.17) is 9.26 Å². The maximum Gasteiger partial charge on any atom is 0.325 e. The fourth-order valence-electron chi connectivity index (χ4n) is 0.985. The first-order valence-electron chi connectivity index (χ1n) is 5.10. The molecule has 94 valence electrons. The lowest BCUT2D eigenvalue weighted by Crippen LogP contribution is -2.34. The molecule has 7 heteroatoms. The molecule has 0 saturated heterocycles. The summed E-state index contributed by atoms with van der Waals surface area (Å²) in [5.41, 5.74) is 0. The van der Waals surface area contributed by atoms with E-state index in [9.17, 15) is 9.59 Å². The maximum absolute atomic E-state index is 11.2. The molecule has 1 aromatic rings. The molecule has 0 unspecified atom stereocenters. The predicted octanol–water partition coefficient (Wildman–Crippen LogP) is 0.0411. The van der Waals surface area contributed by atoms with Crippen molar-refractivity contribution in [3.63, 3.8) is 0 Å². The van der Waals surface area contributed by atoms with Crippen LogP contribution in [0.2, 0.25) is 0 Å². The van der Waals surface area contributed by atoms with Gasteiger partial charge in [-0.3, -0.25) is 9.59 Å². The summed E-state index contributed by atoms with van der Waals surface area (Å²) in [4.78, 5) is 22.1. The fraction of sp³-hybridized carbons (Fsp3) is 0.500. The highest BCUT2D eigenvalue weighted by Gasteiger charge is 2.08. The number of ether oxygens (including phenoxy) is 2.